The lowest BCUT2D eigenvalue weighted by Crippen LogP contribution is -2.16. The highest BCUT2D eigenvalue weighted by Crippen LogP contribution is 2.12. The Labute approximate surface area is 157 Å². The zero-order chi connectivity index (χ0) is 18.4. The Morgan fingerprint density at radius 3 is 2.38 bits per heavy atom. The predicted octanol–water partition coefficient (Wildman–Crippen LogP) is 4.23. The molecule has 0 atom stereocenters. The number of nitrogens with zero attached hydrogens (tertiary/aromatic N) is 2. The SMILES string of the molecule is Cc1cccc(CC(=O)Nc2ccc(NCc3ccc(Cl)cc3)nn2)c1. The maximum Gasteiger partial charge on any atom is 0.229 e. The van der Waals surface area contributed by atoms with Crippen LogP contribution in [0.2, 0.25) is 5.02 Å². The molecule has 0 aliphatic carbocycles. The van der Waals surface area contributed by atoms with E-state index >= 15 is 0 Å². The minimum absolute atomic E-state index is 0.119. The van der Waals surface area contributed by atoms with Crippen molar-refractivity contribution in [2.75, 3.05) is 10.6 Å². The molecule has 0 saturated carbocycles. The Balaban J connectivity index is 1.52. The number of carbonyl (C=O) groups excluding carboxylic acids is 1. The van der Waals surface area contributed by atoms with Crippen molar-refractivity contribution >= 4 is 29.1 Å². The van der Waals surface area contributed by atoms with Gasteiger partial charge in [-0.3, -0.25) is 4.79 Å². The van der Waals surface area contributed by atoms with Gasteiger partial charge in [0.25, 0.3) is 0 Å². The van der Waals surface area contributed by atoms with E-state index in [-0.39, 0.29) is 5.91 Å². The molecule has 6 heteroatoms. The summed E-state index contributed by atoms with van der Waals surface area (Å²) in [6.07, 6.45) is 0.305. The maximum absolute atomic E-state index is 12.1. The predicted molar refractivity (Wildman–Crippen MR) is 104 cm³/mol. The molecule has 0 aliphatic heterocycles. The van der Waals surface area contributed by atoms with E-state index in [1.165, 1.54) is 0 Å². The summed E-state index contributed by atoms with van der Waals surface area (Å²) in [5, 5.41) is 14.8. The molecule has 26 heavy (non-hydrogen) atoms. The number of benzene rings is 2. The number of aryl methyl sites for hydroxylation is 1. The topological polar surface area (TPSA) is 66.9 Å². The van der Waals surface area contributed by atoms with Gasteiger partial charge in [0.2, 0.25) is 5.91 Å². The molecule has 0 saturated heterocycles. The summed E-state index contributed by atoms with van der Waals surface area (Å²) in [5.74, 6) is 0.947. The highest BCUT2D eigenvalue weighted by atomic mass is 35.5. The third-order valence-corrected chi connectivity index (χ3v) is 4.02. The van der Waals surface area contributed by atoms with Gasteiger partial charge in [-0.05, 0) is 42.3 Å². The molecule has 5 nitrogen and oxygen atoms in total. The number of halogens is 1. The Hall–Kier alpha value is -2.92. The smallest absolute Gasteiger partial charge is 0.229 e. The van der Waals surface area contributed by atoms with Gasteiger partial charge in [0.1, 0.15) is 5.82 Å². The molecule has 1 heterocycles. The molecule has 0 radical (unpaired) electrons. The number of hydrogen-bond acceptors (Lipinski definition) is 4. The number of aromatic nitrogens is 2. The van der Waals surface area contributed by atoms with Crippen LogP contribution in [-0.4, -0.2) is 16.1 Å². The summed E-state index contributed by atoms with van der Waals surface area (Å²) in [7, 11) is 0. The summed E-state index contributed by atoms with van der Waals surface area (Å²) in [6.45, 7) is 2.62. The molecule has 132 valence electrons. The van der Waals surface area contributed by atoms with Crippen molar-refractivity contribution in [2.24, 2.45) is 0 Å². The first-order chi connectivity index (χ1) is 12.6. The van der Waals surface area contributed by atoms with Crippen LogP contribution in [0.1, 0.15) is 16.7 Å². The van der Waals surface area contributed by atoms with Crippen molar-refractivity contribution in [1.82, 2.24) is 10.2 Å². The summed E-state index contributed by atoms with van der Waals surface area (Å²) >= 11 is 5.87. The molecule has 0 unspecified atom stereocenters. The fraction of sp³-hybridized carbons (Fsp3) is 0.150. The van der Waals surface area contributed by atoms with Crippen LogP contribution in [0.5, 0.6) is 0 Å². The van der Waals surface area contributed by atoms with Crippen molar-refractivity contribution < 1.29 is 4.79 Å². The molecule has 2 aromatic carbocycles. The maximum atomic E-state index is 12.1. The van der Waals surface area contributed by atoms with Gasteiger partial charge in [0.15, 0.2) is 5.82 Å². The molecular formula is C20H19ClN4O. The van der Waals surface area contributed by atoms with E-state index in [4.69, 9.17) is 11.6 Å². The van der Waals surface area contributed by atoms with Crippen molar-refractivity contribution in [3.05, 3.63) is 82.4 Å². The van der Waals surface area contributed by atoms with E-state index in [1.807, 2.05) is 55.5 Å². The molecule has 0 spiro atoms. The zero-order valence-electron chi connectivity index (χ0n) is 14.4. The highest BCUT2D eigenvalue weighted by Gasteiger charge is 2.06. The first-order valence-corrected chi connectivity index (χ1v) is 8.64. The summed E-state index contributed by atoms with van der Waals surface area (Å²) in [6, 6.07) is 19.0. The zero-order valence-corrected chi connectivity index (χ0v) is 15.1. The van der Waals surface area contributed by atoms with E-state index in [1.54, 1.807) is 12.1 Å². The molecular weight excluding hydrogens is 348 g/mol. The lowest BCUT2D eigenvalue weighted by molar-refractivity contribution is -0.115. The second kappa shape index (κ2) is 8.45. The third kappa shape index (κ3) is 5.29. The van der Waals surface area contributed by atoms with Gasteiger partial charge in [-0.25, -0.2) is 0 Å². The molecule has 1 aromatic heterocycles. The van der Waals surface area contributed by atoms with Crippen molar-refractivity contribution in [2.45, 2.75) is 19.9 Å². The van der Waals surface area contributed by atoms with E-state index in [9.17, 15) is 4.79 Å². The number of rotatable bonds is 6. The third-order valence-electron chi connectivity index (χ3n) is 3.77. The quantitative estimate of drug-likeness (QED) is 0.685. The number of anilines is 2. The first-order valence-electron chi connectivity index (χ1n) is 8.26. The van der Waals surface area contributed by atoms with E-state index in [0.717, 1.165) is 16.7 Å². The van der Waals surface area contributed by atoms with E-state index < -0.39 is 0 Å². The van der Waals surface area contributed by atoms with Gasteiger partial charge in [-0.1, -0.05) is 53.6 Å². The van der Waals surface area contributed by atoms with Gasteiger partial charge in [0.05, 0.1) is 6.42 Å². The number of amides is 1. The van der Waals surface area contributed by atoms with Crippen LogP contribution >= 0.6 is 11.6 Å². The lowest BCUT2D eigenvalue weighted by Gasteiger charge is -2.07. The van der Waals surface area contributed by atoms with Crippen LogP contribution in [0.4, 0.5) is 11.6 Å². The molecule has 2 N–H and O–H groups in total. The van der Waals surface area contributed by atoms with Gasteiger partial charge in [-0.2, -0.15) is 0 Å². The number of nitrogens with one attached hydrogen (secondary N) is 2. The second-order valence-electron chi connectivity index (χ2n) is 6.00. The monoisotopic (exact) mass is 366 g/mol. The number of hydrogen-bond donors (Lipinski definition) is 2. The molecule has 0 bridgehead atoms. The fourth-order valence-electron chi connectivity index (χ4n) is 2.48. The van der Waals surface area contributed by atoms with Crippen LogP contribution in [0.3, 0.4) is 0 Å². The lowest BCUT2D eigenvalue weighted by atomic mass is 10.1. The minimum Gasteiger partial charge on any atom is -0.365 e. The normalized spacial score (nSPS) is 10.4. The van der Waals surface area contributed by atoms with Crippen molar-refractivity contribution in [1.29, 1.82) is 0 Å². The average Bonchev–Trinajstić information content (AvgIpc) is 2.62. The molecule has 3 aromatic rings. The van der Waals surface area contributed by atoms with Crippen molar-refractivity contribution in [3.63, 3.8) is 0 Å². The molecule has 1 amide bonds. The minimum atomic E-state index is -0.119. The van der Waals surface area contributed by atoms with Crippen molar-refractivity contribution in [3.8, 4) is 0 Å². The van der Waals surface area contributed by atoms with Gasteiger partial charge < -0.3 is 10.6 Å². The second-order valence-corrected chi connectivity index (χ2v) is 6.43. The Kier molecular flexibility index (Phi) is 5.81. The Bertz CT molecular complexity index is 879. The van der Waals surface area contributed by atoms with Crippen LogP contribution in [0, 0.1) is 6.92 Å². The first kappa shape index (κ1) is 17.9. The summed E-state index contributed by atoms with van der Waals surface area (Å²) in [4.78, 5) is 12.1. The van der Waals surface area contributed by atoms with Gasteiger partial charge in [-0.15, -0.1) is 10.2 Å². The van der Waals surface area contributed by atoms with E-state index in [0.29, 0.717) is 29.6 Å². The summed E-state index contributed by atoms with van der Waals surface area (Å²) in [5.41, 5.74) is 3.19. The van der Waals surface area contributed by atoms with Crippen LogP contribution in [-0.2, 0) is 17.8 Å². The molecule has 0 aliphatic rings. The average molecular weight is 367 g/mol. The standard InChI is InChI=1S/C20H19ClN4O/c1-14-3-2-4-16(11-14)12-20(26)23-19-10-9-18(24-25-19)22-13-15-5-7-17(21)8-6-15/h2-11H,12-13H2,1H3,(H,22,24)(H,23,25,26). The highest BCUT2D eigenvalue weighted by molar-refractivity contribution is 6.30. The Morgan fingerprint density at radius 1 is 0.962 bits per heavy atom. The van der Waals surface area contributed by atoms with Gasteiger partial charge in [0, 0.05) is 11.6 Å². The van der Waals surface area contributed by atoms with Gasteiger partial charge >= 0.3 is 0 Å². The number of carbonyl (C=O) groups is 1. The molecule has 3 rings (SSSR count). The van der Waals surface area contributed by atoms with Crippen LogP contribution in [0.15, 0.2) is 60.7 Å². The van der Waals surface area contributed by atoms with Crippen LogP contribution in [0.25, 0.3) is 0 Å². The Morgan fingerprint density at radius 2 is 1.69 bits per heavy atom. The van der Waals surface area contributed by atoms with E-state index in [2.05, 4.69) is 20.8 Å². The fourth-order valence-corrected chi connectivity index (χ4v) is 2.61. The summed E-state index contributed by atoms with van der Waals surface area (Å²) < 4.78 is 0. The molecule has 0 fully saturated rings. The van der Waals surface area contributed by atoms with Crippen LogP contribution < -0.4 is 10.6 Å². The largest absolute Gasteiger partial charge is 0.365 e.